The van der Waals surface area contributed by atoms with Crippen LogP contribution in [0.5, 0.6) is 0 Å². The highest BCUT2D eigenvalue weighted by Crippen LogP contribution is 2.22. The zero-order valence-corrected chi connectivity index (χ0v) is 22.5. The summed E-state index contributed by atoms with van der Waals surface area (Å²) in [4.78, 5) is 33.1. The third kappa shape index (κ3) is 6.33. The second kappa shape index (κ2) is 12.2. The summed E-state index contributed by atoms with van der Waals surface area (Å²) in [6.45, 7) is 8.90. The summed E-state index contributed by atoms with van der Waals surface area (Å²) in [7, 11) is 3.97. The van der Waals surface area contributed by atoms with Gasteiger partial charge in [-0.3, -0.25) is 24.2 Å². The lowest BCUT2D eigenvalue weighted by molar-refractivity contribution is 0.0652. The number of unbranched alkanes of at least 4 members (excludes halogenated alkanes) is 1. The number of aryl methyl sites for hydroxylation is 1. The minimum Gasteiger partial charge on any atom is -0.357 e. The van der Waals surface area contributed by atoms with Crippen molar-refractivity contribution in [3.05, 3.63) is 52.8 Å². The van der Waals surface area contributed by atoms with E-state index >= 15 is 0 Å². The molecule has 1 aliphatic heterocycles. The molecule has 33 heavy (non-hydrogen) atoms. The van der Waals surface area contributed by atoms with Gasteiger partial charge in [-0.1, -0.05) is 26.0 Å². The Labute approximate surface area is 213 Å². The van der Waals surface area contributed by atoms with Crippen molar-refractivity contribution in [2.24, 2.45) is 12.0 Å². The first-order chi connectivity index (χ1) is 15.3. The molecule has 0 aliphatic carbocycles. The summed E-state index contributed by atoms with van der Waals surface area (Å²) >= 11 is 0. The van der Waals surface area contributed by atoms with Gasteiger partial charge in [-0.15, -0.1) is 24.0 Å². The van der Waals surface area contributed by atoms with Crippen molar-refractivity contribution in [2.45, 2.75) is 46.1 Å². The maximum atomic E-state index is 12.5. The fourth-order valence-electron chi connectivity index (χ4n) is 3.97. The quantitative estimate of drug-likeness (QED) is 0.165. The highest BCUT2D eigenvalue weighted by atomic mass is 127. The molecule has 180 valence electrons. The Bertz CT molecular complexity index is 966. The van der Waals surface area contributed by atoms with Gasteiger partial charge in [-0.25, -0.2) is 0 Å². The van der Waals surface area contributed by atoms with E-state index in [1.807, 2.05) is 18.8 Å². The van der Waals surface area contributed by atoms with Crippen LogP contribution in [0.25, 0.3) is 0 Å². The molecular formula is C24H35IN6O2. The van der Waals surface area contributed by atoms with Gasteiger partial charge in [0.1, 0.15) is 0 Å². The molecule has 0 atom stereocenters. The fourth-order valence-corrected chi connectivity index (χ4v) is 3.97. The lowest BCUT2D eigenvalue weighted by Crippen LogP contribution is -2.38. The van der Waals surface area contributed by atoms with Crippen LogP contribution >= 0.6 is 24.0 Å². The van der Waals surface area contributed by atoms with E-state index < -0.39 is 0 Å². The van der Waals surface area contributed by atoms with Crippen LogP contribution in [0.1, 0.15) is 71.5 Å². The predicted octanol–water partition coefficient (Wildman–Crippen LogP) is 3.64. The Morgan fingerprint density at radius 2 is 1.79 bits per heavy atom. The monoisotopic (exact) mass is 566 g/mol. The normalized spacial score (nSPS) is 13.4. The number of rotatable bonds is 9. The summed E-state index contributed by atoms with van der Waals surface area (Å²) < 4.78 is 1.86. The molecule has 1 N–H and O–H groups in total. The molecule has 8 nitrogen and oxygen atoms in total. The maximum Gasteiger partial charge on any atom is 0.261 e. The molecule has 3 rings (SSSR count). The lowest BCUT2D eigenvalue weighted by atomic mass is 10.1. The van der Waals surface area contributed by atoms with Crippen molar-refractivity contribution < 1.29 is 9.59 Å². The van der Waals surface area contributed by atoms with Crippen molar-refractivity contribution >= 4 is 41.8 Å². The number of aliphatic imine (C=N–C) groups is 1. The Morgan fingerprint density at radius 3 is 2.36 bits per heavy atom. The molecule has 9 heteroatoms. The van der Waals surface area contributed by atoms with E-state index in [9.17, 15) is 9.59 Å². The number of imide groups is 1. The van der Waals surface area contributed by atoms with Gasteiger partial charge in [-0.05, 0) is 37.8 Å². The Morgan fingerprint density at radius 1 is 1.15 bits per heavy atom. The van der Waals surface area contributed by atoms with E-state index in [1.165, 1.54) is 10.5 Å². The molecule has 0 fully saturated rings. The summed E-state index contributed by atoms with van der Waals surface area (Å²) in [5, 5.41) is 7.94. The van der Waals surface area contributed by atoms with Gasteiger partial charge in [0.15, 0.2) is 5.96 Å². The molecule has 1 aromatic heterocycles. The molecule has 2 aromatic rings. The number of hydrogen-bond donors (Lipinski definition) is 1. The van der Waals surface area contributed by atoms with E-state index in [2.05, 4.69) is 42.3 Å². The van der Waals surface area contributed by atoms with Gasteiger partial charge >= 0.3 is 0 Å². The van der Waals surface area contributed by atoms with Gasteiger partial charge < -0.3 is 10.2 Å². The van der Waals surface area contributed by atoms with E-state index in [0.29, 0.717) is 30.1 Å². The second-order valence-electron chi connectivity index (χ2n) is 8.47. The average Bonchev–Trinajstić information content (AvgIpc) is 3.25. The molecular weight excluding hydrogens is 531 g/mol. The van der Waals surface area contributed by atoms with Crippen LogP contribution in [0, 0.1) is 0 Å². The third-order valence-electron chi connectivity index (χ3n) is 5.52. The molecule has 0 spiro atoms. The van der Waals surface area contributed by atoms with Gasteiger partial charge in [0.25, 0.3) is 11.8 Å². The number of carbonyl (C=O) groups excluding carboxylic acids is 2. The summed E-state index contributed by atoms with van der Waals surface area (Å²) in [6, 6.07) is 7.00. The van der Waals surface area contributed by atoms with Gasteiger partial charge in [-0.2, -0.15) is 5.10 Å². The van der Waals surface area contributed by atoms with Crippen LogP contribution < -0.4 is 5.32 Å². The molecule has 1 aromatic carbocycles. The lowest BCUT2D eigenvalue weighted by Gasteiger charge is -2.22. The van der Waals surface area contributed by atoms with Crippen LogP contribution in [0.2, 0.25) is 0 Å². The SMILES string of the molecule is CCNC(=NCCCCN1C(=O)c2ccccc2C1=O)N(C)Cc1cn(C)nc1C(C)C.I. The second-order valence-corrected chi connectivity index (χ2v) is 8.47. The predicted molar refractivity (Wildman–Crippen MR) is 141 cm³/mol. The first-order valence-electron chi connectivity index (χ1n) is 11.3. The summed E-state index contributed by atoms with van der Waals surface area (Å²) in [5.41, 5.74) is 3.31. The number of nitrogens with zero attached hydrogens (tertiary/aromatic N) is 5. The van der Waals surface area contributed by atoms with Crippen molar-refractivity contribution in [1.82, 2.24) is 24.9 Å². The van der Waals surface area contributed by atoms with Crippen molar-refractivity contribution in [1.29, 1.82) is 0 Å². The number of nitrogens with one attached hydrogen (secondary N) is 1. The first-order valence-corrected chi connectivity index (χ1v) is 11.3. The number of halogens is 1. The molecule has 2 heterocycles. The van der Waals surface area contributed by atoms with Crippen LogP contribution in [0.4, 0.5) is 0 Å². The van der Waals surface area contributed by atoms with Gasteiger partial charge in [0.2, 0.25) is 0 Å². The Balaban J connectivity index is 0.00000385. The number of amides is 2. The minimum atomic E-state index is -0.195. The van der Waals surface area contributed by atoms with Crippen molar-refractivity contribution in [3.63, 3.8) is 0 Å². The number of benzene rings is 1. The Hall–Kier alpha value is -2.43. The third-order valence-corrected chi connectivity index (χ3v) is 5.52. The van der Waals surface area contributed by atoms with Crippen LogP contribution in [0.3, 0.4) is 0 Å². The fraction of sp³-hybridized carbons (Fsp3) is 0.500. The molecule has 0 unspecified atom stereocenters. The van der Waals surface area contributed by atoms with E-state index in [-0.39, 0.29) is 35.8 Å². The molecule has 0 radical (unpaired) electrons. The summed E-state index contributed by atoms with van der Waals surface area (Å²) in [5.74, 6) is 0.812. The maximum absolute atomic E-state index is 12.5. The number of carbonyl (C=O) groups is 2. The van der Waals surface area contributed by atoms with Crippen LogP contribution in [0.15, 0.2) is 35.5 Å². The smallest absolute Gasteiger partial charge is 0.261 e. The van der Waals surface area contributed by atoms with E-state index in [0.717, 1.165) is 37.6 Å². The van der Waals surface area contributed by atoms with E-state index in [1.54, 1.807) is 24.3 Å². The van der Waals surface area contributed by atoms with Crippen molar-refractivity contribution in [2.75, 3.05) is 26.7 Å². The first kappa shape index (κ1) is 26.8. The average molecular weight is 566 g/mol. The molecule has 0 saturated carbocycles. The van der Waals surface area contributed by atoms with Crippen LogP contribution in [-0.4, -0.2) is 64.0 Å². The highest BCUT2D eigenvalue weighted by Gasteiger charge is 2.34. The van der Waals surface area contributed by atoms with E-state index in [4.69, 9.17) is 4.99 Å². The topological polar surface area (TPSA) is 82.8 Å². The molecule has 2 amide bonds. The number of aromatic nitrogens is 2. The largest absolute Gasteiger partial charge is 0.357 e. The summed E-state index contributed by atoms with van der Waals surface area (Å²) in [6.07, 6.45) is 3.58. The molecule has 1 aliphatic rings. The standard InChI is InChI=1S/C24H34N6O2.HI/c1-6-25-24(28(4)15-18-16-29(5)27-21(18)17(2)3)26-13-9-10-14-30-22(31)19-11-7-8-12-20(19)23(30)32;/h7-8,11-12,16-17H,6,9-10,13-15H2,1-5H3,(H,25,26);1H. The number of hydrogen-bond acceptors (Lipinski definition) is 4. The minimum absolute atomic E-state index is 0. The highest BCUT2D eigenvalue weighted by molar-refractivity contribution is 14.0. The molecule has 0 bridgehead atoms. The van der Waals surface area contributed by atoms with Gasteiger partial charge in [0.05, 0.1) is 16.8 Å². The Kier molecular flexibility index (Phi) is 9.87. The van der Waals surface area contributed by atoms with Gasteiger partial charge in [0, 0.05) is 52.0 Å². The molecule has 0 saturated heterocycles. The van der Waals surface area contributed by atoms with Crippen LogP contribution in [-0.2, 0) is 13.6 Å². The zero-order valence-electron chi connectivity index (χ0n) is 20.2. The number of fused-ring (bicyclic) bond motifs is 1. The zero-order chi connectivity index (χ0) is 23.3. The number of guanidine groups is 1. The van der Waals surface area contributed by atoms with Crippen molar-refractivity contribution in [3.8, 4) is 0 Å².